The van der Waals surface area contributed by atoms with E-state index in [1.807, 2.05) is 13.8 Å². The Morgan fingerprint density at radius 2 is 2.31 bits per heavy atom. The smallest absolute Gasteiger partial charge is 0.228 e. The van der Waals surface area contributed by atoms with Crippen molar-refractivity contribution >= 4 is 11.6 Å². The Kier molecular flexibility index (Phi) is 4.85. The molecule has 0 spiro atoms. The van der Waals surface area contributed by atoms with Gasteiger partial charge in [-0.2, -0.15) is 4.39 Å². The summed E-state index contributed by atoms with van der Waals surface area (Å²) in [5, 5.41) is 5.76. The number of halogens is 1. The molecule has 1 heterocycles. The van der Waals surface area contributed by atoms with Crippen molar-refractivity contribution in [2.24, 2.45) is 5.92 Å². The average Bonchev–Trinajstić information content (AvgIpc) is 2.29. The minimum Gasteiger partial charge on any atom is -0.324 e. The minimum atomic E-state index is -0.557. The number of anilines is 1. The van der Waals surface area contributed by atoms with E-state index in [1.165, 1.54) is 18.3 Å². The monoisotopic (exact) mass is 225 g/mol. The fraction of sp³-hybridized carbons (Fsp3) is 0.455. The molecule has 0 bridgehead atoms. The first kappa shape index (κ1) is 12.6. The van der Waals surface area contributed by atoms with Crippen molar-refractivity contribution in [3.63, 3.8) is 0 Å². The zero-order valence-electron chi connectivity index (χ0n) is 9.46. The van der Waals surface area contributed by atoms with E-state index in [0.29, 0.717) is 12.2 Å². The van der Waals surface area contributed by atoms with Gasteiger partial charge in [0.2, 0.25) is 11.9 Å². The summed E-state index contributed by atoms with van der Waals surface area (Å²) >= 11 is 0. The number of carbonyl (C=O) groups is 1. The molecule has 0 saturated heterocycles. The van der Waals surface area contributed by atoms with E-state index in [-0.39, 0.29) is 11.8 Å². The third-order valence-electron chi connectivity index (χ3n) is 2.14. The van der Waals surface area contributed by atoms with Crippen molar-refractivity contribution < 1.29 is 9.18 Å². The number of hydrogen-bond acceptors (Lipinski definition) is 3. The van der Waals surface area contributed by atoms with Crippen LogP contribution in [0.15, 0.2) is 18.3 Å². The van der Waals surface area contributed by atoms with Gasteiger partial charge in [-0.05, 0) is 18.7 Å². The van der Waals surface area contributed by atoms with E-state index < -0.39 is 5.95 Å². The Morgan fingerprint density at radius 3 is 2.88 bits per heavy atom. The predicted molar refractivity (Wildman–Crippen MR) is 60.5 cm³/mol. The Balaban J connectivity index is 2.47. The first-order valence-corrected chi connectivity index (χ1v) is 5.26. The summed E-state index contributed by atoms with van der Waals surface area (Å²) in [6, 6.07) is 2.70. The molecule has 0 radical (unpaired) electrons. The number of pyridine rings is 1. The second-order valence-electron chi connectivity index (χ2n) is 3.57. The van der Waals surface area contributed by atoms with Gasteiger partial charge in [0.05, 0.1) is 11.9 Å². The number of hydrogen-bond donors (Lipinski definition) is 2. The molecule has 0 saturated carbocycles. The maximum atomic E-state index is 12.5. The van der Waals surface area contributed by atoms with Crippen LogP contribution in [0.4, 0.5) is 10.1 Å². The number of amides is 1. The summed E-state index contributed by atoms with van der Waals surface area (Å²) in [5.74, 6) is -0.793. The van der Waals surface area contributed by atoms with E-state index in [0.717, 1.165) is 6.54 Å². The van der Waals surface area contributed by atoms with Gasteiger partial charge in [0.25, 0.3) is 0 Å². The Hall–Kier alpha value is -1.49. The predicted octanol–water partition coefficient (Wildman–Crippen LogP) is 1.40. The van der Waals surface area contributed by atoms with Crippen LogP contribution in [-0.2, 0) is 4.79 Å². The summed E-state index contributed by atoms with van der Waals surface area (Å²) in [7, 11) is 0. The van der Waals surface area contributed by atoms with Gasteiger partial charge in [-0.15, -0.1) is 0 Å². The molecule has 1 unspecified atom stereocenters. The van der Waals surface area contributed by atoms with Crippen LogP contribution < -0.4 is 10.6 Å². The molecule has 16 heavy (non-hydrogen) atoms. The molecule has 1 aromatic heterocycles. The van der Waals surface area contributed by atoms with Gasteiger partial charge in [0.1, 0.15) is 0 Å². The van der Waals surface area contributed by atoms with Gasteiger partial charge in [-0.25, -0.2) is 4.98 Å². The fourth-order valence-electron chi connectivity index (χ4n) is 1.17. The fourth-order valence-corrected chi connectivity index (χ4v) is 1.17. The first-order valence-electron chi connectivity index (χ1n) is 5.26. The summed E-state index contributed by atoms with van der Waals surface area (Å²) in [4.78, 5) is 15.1. The van der Waals surface area contributed by atoms with E-state index in [2.05, 4.69) is 15.6 Å². The highest BCUT2D eigenvalue weighted by molar-refractivity contribution is 5.92. The Bertz CT molecular complexity index is 340. The van der Waals surface area contributed by atoms with Crippen LogP contribution in [0.1, 0.15) is 13.8 Å². The van der Waals surface area contributed by atoms with E-state index >= 15 is 0 Å². The van der Waals surface area contributed by atoms with Crippen LogP contribution in [0.5, 0.6) is 0 Å². The SMILES string of the molecule is CCNCC(C)C(=O)Nc1ccc(F)nc1. The van der Waals surface area contributed by atoms with Crippen LogP contribution in [-0.4, -0.2) is 24.0 Å². The molecule has 1 rings (SSSR count). The van der Waals surface area contributed by atoms with Gasteiger partial charge in [-0.3, -0.25) is 4.79 Å². The lowest BCUT2D eigenvalue weighted by molar-refractivity contribution is -0.119. The molecule has 5 heteroatoms. The summed E-state index contributed by atoms with van der Waals surface area (Å²) in [6.45, 7) is 5.26. The number of aromatic nitrogens is 1. The maximum absolute atomic E-state index is 12.5. The van der Waals surface area contributed by atoms with Gasteiger partial charge >= 0.3 is 0 Å². The number of nitrogens with zero attached hydrogens (tertiary/aromatic N) is 1. The number of nitrogens with one attached hydrogen (secondary N) is 2. The van der Waals surface area contributed by atoms with Crippen LogP contribution in [0.2, 0.25) is 0 Å². The lowest BCUT2D eigenvalue weighted by atomic mass is 10.1. The molecule has 1 atom stereocenters. The van der Waals surface area contributed by atoms with Crippen molar-refractivity contribution in [3.05, 3.63) is 24.3 Å². The molecule has 0 aliphatic rings. The third kappa shape index (κ3) is 3.94. The molecule has 0 aliphatic carbocycles. The van der Waals surface area contributed by atoms with Crippen molar-refractivity contribution in [2.75, 3.05) is 18.4 Å². The normalized spacial score (nSPS) is 12.2. The lowest BCUT2D eigenvalue weighted by Gasteiger charge is -2.11. The van der Waals surface area contributed by atoms with Gasteiger partial charge in [0, 0.05) is 12.5 Å². The molecule has 0 aliphatic heterocycles. The quantitative estimate of drug-likeness (QED) is 0.745. The van der Waals surface area contributed by atoms with Gasteiger partial charge in [0.15, 0.2) is 0 Å². The summed E-state index contributed by atoms with van der Waals surface area (Å²) < 4.78 is 12.5. The van der Waals surface area contributed by atoms with E-state index in [9.17, 15) is 9.18 Å². The lowest BCUT2D eigenvalue weighted by Crippen LogP contribution is -2.30. The van der Waals surface area contributed by atoms with Crippen LogP contribution >= 0.6 is 0 Å². The molecule has 1 aromatic rings. The topological polar surface area (TPSA) is 54.0 Å². The molecule has 1 amide bonds. The molecule has 2 N–H and O–H groups in total. The summed E-state index contributed by atoms with van der Waals surface area (Å²) in [5.41, 5.74) is 0.509. The molecule has 0 fully saturated rings. The van der Waals surface area contributed by atoms with Crippen molar-refractivity contribution in [2.45, 2.75) is 13.8 Å². The average molecular weight is 225 g/mol. The standard InChI is InChI=1S/C11H16FN3O/c1-3-13-6-8(2)11(16)15-9-4-5-10(12)14-7-9/h4-5,7-8,13H,3,6H2,1-2H3,(H,15,16). The second kappa shape index (κ2) is 6.17. The second-order valence-corrected chi connectivity index (χ2v) is 3.57. The molecular formula is C11H16FN3O. The van der Waals surface area contributed by atoms with E-state index in [4.69, 9.17) is 0 Å². The van der Waals surface area contributed by atoms with Crippen molar-refractivity contribution in [1.82, 2.24) is 10.3 Å². The van der Waals surface area contributed by atoms with Crippen molar-refractivity contribution in [3.8, 4) is 0 Å². The highest BCUT2D eigenvalue weighted by atomic mass is 19.1. The number of rotatable bonds is 5. The molecular weight excluding hydrogens is 209 g/mol. The largest absolute Gasteiger partial charge is 0.324 e. The van der Waals surface area contributed by atoms with E-state index in [1.54, 1.807) is 0 Å². The molecule has 88 valence electrons. The maximum Gasteiger partial charge on any atom is 0.228 e. The van der Waals surface area contributed by atoms with Crippen molar-refractivity contribution in [1.29, 1.82) is 0 Å². The Labute approximate surface area is 94.3 Å². The molecule has 0 aromatic carbocycles. The zero-order valence-corrected chi connectivity index (χ0v) is 9.46. The first-order chi connectivity index (χ1) is 7.63. The molecule has 4 nitrogen and oxygen atoms in total. The minimum absolute atomic E-state index is 0.102. The zero-order chi connectivity index (χ0) is 12.0. The number of carbonyl (C=O) groups excluding carboxylic acids is 1. The summed E-state index contributed by atoms with van der Waals surface area (Å²) in [6.07, 6.45) is 1.30. The highest BCUT2D eigenvalue weighted by Gasteiger charge is 2.12. The highest BCUT2D eigenvalue weighted by Crippen LogP contribution is 2.07. The van der Waals surface area contributed by atoms with Gasteiger partial charge < -0.3 is 10.6 Å². The van der Waals surface area contributed by atoms with Gasteiger partial charge in [-0.1, -0.05) is 13.8 Å². The van der Waals surface area contributed by atoms with Crippen LogP contribution in [0.25, 0.3) is 0 Å². The Morgan fingerprint density at radius 1 is 1.56 bits per heavy atom. The third-order valence-corrected chi connectivity index (χ3v) is 2.14. The van der Waals surface area contributed by atoms with Crippen LogP contribution in [0.3, 0.4) is 0 Å². The van der Waals surface area contributed by atoms with Crippen LogP contribution in [0, 0.1) is 11.9 Å².